The van der Waals surface area contributed by atoms with Crippen molar-refractivity contribution < 1.29 is 19.2 Å². The van der Waals surface area contributed by atoms with Crippen LogP contribution in [0.2, 0.25) is 5.02 Å². The van der Waals surface area contributed by atoms with E-state index in [1.54, 1.807) is 18.2 Å². The van der Waals surface area contributed by atoms with E-state index in [0.717, 1.165) is 43.2 Å². The molecule has 4 aliphatic rings. The minimum Gasteiger partial charge on any atom is -0.495 e. The van der Waals surface area contributed by atoms with Crippen LogP contribution in [-0.4, -0.2) is 37.3 Å². The molecule has 1 aromatic rings. The van der Waals surface area contributed by atoms with Crippen LogP contribution in [0.5, 0.6) is 5.75 Å². The Hall–Kier alpha value is -2.28. The van der Waals surface area contributed by atoms with Gasteiger partial charge in [-0.05, 0) is 74.5 Å². The summed E-state index contributed by atoms with van der Waals surface area (Å²) in [5.74, 6) is 2.06. The Labute approximate surface area is 175 Å². The molecule has 2 amide bonds. The van der Waals surface area contributed by atoms with Crippen LogP contribution in [-0.2, 0) is 14.4 Å². The second kappa shape index (κ2) is 8.22. The maximum atomic E-state index is 12.3. The quantitative estimate of drug-likeness (QED) is 0.523. The van der Waals surface area contributed by atoms with Crippen LogP contribution in [0, 0.1) is 17.8 Å². The molecule has 1 aromatic carbocycles. The van der Waals surface area contributed by atoms with E-state index in [4.69, 9.17) is 21.2 Å². The number of methoxy groups -OCH3 is 1. The van der Waals surface area contributed by atoms with Crippen molar-refractivity contribution >= 4 is 35.3 Å². The van der Waals surface area contributed by atoms with E-state index in [9.17, 15) is 9.59 Å². The maximum absolute atomic E-state index is 12.3. The average molecular weight is 420 g/mol. The molecule has 5 rings (SSSR count). The van der Waals surface area contributed by atoms with Crippen molar-refractivity contribution in [1.82, 2.24) is 5.32 Å². The number of nitrogens with zero attached hydrogens (tertiary/aromatic N) is 1. The summed E-state index contributed by atoms with van der Waals surface area (Å²) >= 11 is 5.94. The minimum absolute atomic E-state index is 0.0561. The molecule has 0 spiro atoms. The fraction of sp³-hybridized carbons (Fsp3) is 0.571. The van der Waals surface area contributed by atoms with Gasteiger partial charge in [0.05, 0.1) is 12.8 Å². The SMILES string of the molecule is COc1ccc(Cl)cc1NC(=O)/C=N\OCC(=O)NC12CC3CC(CC(C3)C1)C2. The molecule has 156 valence electrons. The lowest BCUT2D eigenvalue weighted by molar-refractivity contribution is -0.131. The van der Waals surface area contributed by atoms with Gasteiger partial charge in [0, 0.05) is 10.6 Å². The summed E-state index contributed by atoms with van der Waals surface area (Å²) in [4.78, 5) is 29.4. The Bertz CT molecular complexity index is 791. The Balaban J connectivity index is 1.24. The standard InChI is InChI=1S/C21H26ClN3O4/c1-28-18-3-2-16(22)7-17(18)24-19(26)11-23-29-12-20(27)25-21-8-13-4-14(9-21)6-15(5-13)10-21/h2-3,7,11,13-15H,4-6,8-10,12H2,1H3,(H,24,26)(H,25,27)/b23-11-. The smallest absolute Gasteiger partial charge is 0.270 e. The summed E-state index contributed by atoms with van der Waals surface area (Å²) in [5, 5.41) is 9.90. The summed E-state index contributed by atoms with van der Waals surface area (Å²) in [6.07, 6.45) is 8.19. The van der Waals surface area contributed by atoms with E-state index in [1.165, 1.54) is 26.4 Å². The lowest BCUT2D eigenvalue weighted by atomic mass is 9.53. The third-order valence-electron chi connectivity index (χ3n) is 6.30. The zero-order valence-electron chi connectivity index (χ0n) is 16.4. The van der Waals surface area contributed by atoms with Crippen molar-refractivity contribution in [2.75, 3.05) is 19.0 Å². The number of carbonyl (C=O) groups excluding carboxylic acids is 2. The number of anilines is 1. The number of halogens is 1. The molecule has 0 aromatic heterocycles. The number of carbonyl (C=O) groups is 2. The van der Waals surface area contributed by atoms with Gasteiger partial charge in [0.1, 0.15) is 12.0 Å². The third kappa shape index (κ3) is 4.66. The molecular weight excluding hydrogens is 394 g/mol. The van der Waals surface area contributed by atoms with Gasteiger partial charge in [0.2, 0.25) is 0 Å². The molecule has 2 N–H and O–H groups in total. The monoisotopic (exact) mass is 419 g/mol. The Kier molecular flexibility index (Phi) is 5.67. The topological polar surface area (TPSA) is 89.0 Å². The molecule has 0 saturated heterocycles. The van der Waals surface area contributed by atoms with Crippen LogP contribution >= 0.6 is 11.6 Å². The number of nitrogens with one attached hydrogen (secondary N) is 2. The van der Waals surface area contributed by atoms with Crippen LogP contribution in [0.15, 0.2) is 23.4 Å². The highest BCUT2D eigenvalue weighted by Gasteiger charge is 2.51. The predicted octanol–water partition coefficient (Wildman–Crippen LogP) is 3.37. The molecule has 7 nitrogen and oxygen atoms in total. The molecule has 0 atom stereocenters. The molecule has 4 saturated carbocycles. The number of ether oxygens (including phenoxy) is 1. The number of hydrogen-bond donors (Lipinski definition) is 2. The highest BCUT2D eigenvalue weighted by molar-refractivity contribution is 6.33. The van der Waals surface area contributed by atoms with Gasteiger partial charge in [-0.3, -0.25) is 9.59 Å². The number of amides is 2. The Morgan fingerprint density at radius 2 is 1.86 bits per heavy atom. The van der Waals surface area contributed by atoms with E-state index in [1.807, 2.05) is 0 Å². The summed E-state index contributed by atoms with van der Waals surface area (Å²) < 4.78 is 5.17. The molecule has 29 heavy (non-hydrogen) atoms. The third-order valence-corrected chi connectivity index (χ3v) is 6.54. The highest BCUT2D eigenvalue weighted by atomic mass is 35.5. The second-order valence-corrected chi connectivity index (χ2v) is 9.02. The average Bonchev–Trinajstić information content (AvgIpc) is 2.64. The molecule has 4 bridgehead atoms. The minimum atomic E-state index is -0.507. The Morgan fingerprint density at radius 1 is 1.21 bits per heavy atom. The van der Waals surface area contributed by atoms with E-state index in [0.29, 0.717) is 16.5 Å². The molecule has 4 fully saturated rings. The molecule has 0 heterocycles. The van der Waals surface area contributed by atoms with Crippen molar-refractivity contribution in [2.45, 2.75) is 44.1 Å². The molecule has 0 aliphatic heterocycles. The van der Waals surface area contributed by atoms with Crippen molar-refractivity contribution in [3.63, 3.8) is 0 Å². The Morgan fingerprint density at radius 3 is 2.48 bits per heavy atom. The van der Waals surface area contributed by atoms with Crippen LogP contribution < -0.4 is 15.4 Å². The van der Waals surface area contributed by atoms with E-state index in [2.05, 4.69) is 15.8 Å². The fourth-order valence-electron chi connectivity index (χ4n) is 5.72. The molecule has 4 aliphatic carbocycles. The van der Waals surface area contributed by atoms with E-state index in [-0.39, 0.29) is 18.1 Å². The van der Waals surface area contributed by atoms with Gasteiger partial charge in [-0.25, -0.2) is 0 Å². The van der Waals surface area contributed by atoms with Gasteiger partial charge in [0.25, 0.3) is 11.8 Å². The summed E-state index contributed by atoms with van der Waals surface area (Å²) in [5.41, 5.74) is 0.371. The van der Waals surface area contributed by atoms with Gasteiger partial charge < -0.3 is 20.2 Å². The summed E-state index contributed by atoms with van der Waals surface area (Å²) in [6, 6.07) is 4.89. The van der Waals surface area contributed by atoms with Crippen LogP contribution in [0.25, 0.3) is 0 Å². The summed E-state index contributed by atoms with van der Waals surface area (Å²) in [7, 11) is 1.50. The molecule has 0 radical (unpaired) electrons. The van der Waals surface area contributed by atoms with Gasteiger partial charge in [-0.15, -0.1) is 0 Å². The lowest BCUT2D eigenvalue weighted by Gasteiger charge is -2.56. The zero-order chi connectivity index (χ0) is 20.4. The maximum Gasteiger partial charge on any atom is 0.270 e. The first kappa shape index (κ1) is 20.0. The number of benzene rings is 1. The van der Waals surface area contributed by atoms with Crippen molar-refractivity contribution in [3.05, 3.63) is 23.2 Å². The van der Waals surface area contributed by atoms with Gasteiger partial charge in [-0.2, -0.15) is 0 Å². The largest absolute Gasteiger partial charge is 0.495 e. The first-order valence-corrected chi connectivity index (χ1v) is 10.4. The van der Waals surface area contributed by atoms with E-state index >= 15 is 0 Å². The van der Waals surface area contributed by atoms with Gasteiger partial charge >= 0.3 is 0 Å². The van der Waals surface area contributed by atoms with Crippen LogP contribution in [0.1, 0.15) is 38.5 Å². The number of rotatable bonds is 7. The fourth-order valence-corrected chi connectivity index (χ4v) is 5.89. The number of oxime groups is 1. The van der Waals surface area contributed by atoms with Crippen molar-refractivity contribution in [1.29, 1.82) is 0 Å². The molecule has 0 unspecified atom stereocenters. The van der Waals surface area contributed by atoms with Crippen molar-refractivity contribution in [2.24, 2.45) is 22.9 Å². The first-order chi connectivity index (χ1) is 13.9. The van der Waals surface area contributed by atoms with Crippen LogP contribution in [0.4, 0.5) is 5.69 Å². The normalized spacial score (nSPS) is 29.7. The van der Waals surface area contributed by atoms with Crippen LogP contribution in [0.3, 0.4) is 0 Å². The van der Waals surface area contributed by atoms with Gasteiger partial charge in [0.15, 0.2) is 6.61 Å². The van der Waals surface area contributed by atoms with Crippen molar-refractivity contribution in [3.8, 4) is 5.75 Å². The zero-order valence-corrected chi connectivity index (χ0v) is 17.2. The van der Waals surface area contributed by atoms with E-state index < -0.39 is 5.91 Å². The highest BCUT2D eigenvalue weighted by Crippen LogP contribution is 2.55. The molecule has 8 heteroatoms. The lowest BCUT2D eigenvalue weighted by Crippen LogP contribution is -2.60. The predicted molar refractivity (Wildman–Crippen MR) is 110 cm³/mol. The number of hydrogen-bond acceptors (Lipinski definition) is 5. The molecular formula is C21H26ClN3O4. The second-order valence-electron chi connectivity index (χ2n) is 8.59. The summed E-state index contributed by atoms with van der Waals surface area (Å²) in [6.45, 7) is -0.202. The van der Waals surface area contributed by atoms with Gasteiger partial charge in [-0.1, -0.05) is 16.8 Å². The first-order valence-electron chi connectivity index (χ1n) is 10.1.